The van der Waals surface area contributed by atoms with Crippen LogP contribution in [0.3, 0.4) is 0 Å². The molecule has 1 aliphatic rings. The van der Waals surface area contributed by atoms with Crippen LogP contribution in [0.15, 0.2) is 54.6 Å². The molecule has 0 saturated heterocycles. The molecule has 0 fully saturated rings. The van der Waals surface area contributed by atoms with Crippen molar-refractivity contribution < 1.29 is 0 Å². The van der Waals surface area contributed by atoms with Crippen LogP contribution in [0.25, 0.3) is 0 Å². The molecule has 0 heteroatoms. The second-order valence-electron chi connectivity index (χ2n) is 3.40. The molecule has 1 aromatic carbocycles. The summed E-state index contributed by atoms with van der Waals surface area (Å²) in [5.74, 6) is 1.79. The van der Waals surface area contributed by atoms with E-state index in [9.17, 15) is 0 Å². The molecule has 0 aliphatic heterocycles. The molecular weight excluding hydrogens is 156 g/mol. The highest BCUT2D eigenvalue weighted by Gasteiger charge is 2.07. The predicted octanol–water partition coefficient (Wildman–Crippen LogP) is 3.49. The standard InChI is InChI=1S/C13H13/c1-11-7-9-13(10-8-11)12-5-3-2-4-6-12/h2-10,13H,1H3. The van der Waals surface area contributed by atoms with Gasteiger partial charge in [0.05, 0.1) is 0 Å². The first-order chi connectivity index (χ1) is 6.36. The van der Waals surface area contributed by atoms with Crippen LogP contribution in [0.4, 0.5) is 0 Å². The minimum absolute atomic E-state index is 0.463. The van der Waals surface area contributed by atoms with Gasteiger partial charge in [0.1, 0.15) is 0 Å². The normalized spacial score (nSPS) is 17.9. The van der Waals surface area contributed by atoms with E-state index in [0.29, 0.717) is 5.92 Å². The summed E-state index contributed by atoms with van der Waals surface area (Å²) in [6.45, 7) is 2.12. The SMILES string of the molecule is C[C]1C=CC(c2ccccc2)C=C1. The fourth-order valence-electron chi connectivity index (χ4n) is 1.53. The molecule has 65 valence electrons. The summed E-state index contributed by atoms with van der Waals surface area (Å²) >= 11 is 0. The van der Waals surface area contributed by atoms with Gasteiger partial charge in [0.2, 0.25) is 0 Å². The Hall–Kier alpha value is -1.30. The van der Waals surface area contributed by atoms with Crippen molar-refractivity contribution in [2.75, 3.05) is 0 Å². The number of hydrogen-bond acceptors (Lipinski definition) is 0. The van der Waals surface area contributed by atoms with E-state index in [1.165, 1.54) is 11.5 Å². The Balaban J connectivity index is 2.20. The Morgan fingerprint density at radius 3 is 2.15 bits per heavy atom. The number of benzene rings is 1. The van der Waals surface area contributed by atoms with Gasteiger partial charge in [-0.15, -0.1) is 0 Å². The van der Waals surface area contributed by atoms with E-state index >= 15 is 0 Å². The third-order valence-electron chi connectivity index (χ3n) is 2.32. The topological polar surface area (TPSA) is 0 Å². The molecule has 0 N–H and O–H groups in total. The number of rotatable bonds is 1. The fourth-order valence-corrected chi connectivity index (χ4v) is 1.53. The Morgan fingerprint density at radius 2 is 1.54 bits per heavy atom. The smallest absolute Gasteiger partial charge is 0.0199 e. The Bertz CT molecular complexity index is 305. The Kier molecular flexibility index (Phi) is 2.31. The van der Waals surface area contributed by atoms with Crippen molar-refractivity contribution in [2.24, 2.45) is 0 Å². The first-order valence-corrected chi connectivity index (χ1v) is 4.61. The maximum atomic E-state index is 2.24. The van der Waals surface area contributed by atoms with Crippen LogP contribution in [0.5, 0.6) is 0 Å². The van der Waals surface area contributed by atoms with Crippen molar-refractivity contribution in [3.8, 4) is 0 Å². The second kappa shape index (κ2) is 3.61. The average Bonchev–Trinajstić information content (AvgIpc) is 2.20. The molecule has 2 rings (SSSR count). The zero-order chi connectivity index (χ0) is 9.10. The molecule has 0 spiro atoms. The van der Waals surface area contributed by atoms with E-state index in [1.54, 1.807) is 0 Å². The maximum Gasteiger partial charge on any atom is 0.0199 e. The zero-order valence-electron chi connectivity index (χ0n) is 7.77. The summed E-state index contributed by atoms with van der Waals surface area (Å²) in [5, 5.41) is 0. The van der Waals surface area contributed by atoms with Crippen LogP contribution < -0.4 is 0 Å². The highest BCUT2D eigenvalue weighted by Crippen LogP contribution is 2.24. The molecule has 0 bridgehead atoms. The fraction of sp³-hybridized carbons (Fsp3) is 0.154. The van der Waals surface area contributed by atoms with Crippen molar-refractivity contribution >= 4 is 0 Å². The van der Waals surface area contributed by atoms with Gasteiger partial charge in [-0.3, -0.25) is 0 Å². The van der Waals surface area contributed by atoms with E-state index < -0.39 is 0 Å². The van der Waals surface area contributed by atoms with Crippen LogP contribution in [0.1, 0.15) is 18.4 Å². The summed E-state index contributed by atoms with van der Waals surface area (Å²) < 4.78 is 0. The first kappa shape index (κ1) is 8.31. The quantitative estimate of drug-likeness (QED) is 0.603. The van der Waals surface area contributed by atoms with Crippen molar-refractivity contribution in [2.45, 2.75) is 12.8 Å². The molecule has 13 heavy (non-hydrogen) atoms. The van der Waals surface area contributed by atoms with Crippen LogP contribution in [-0.2, 0) is 0 Å². The molecule has 0 atom stereocenters. The number of allylic oxidation sites excluding steroid dienone is 4. The highest BCUT2D eigenvalue weighted by molar-refractivity contribution is 5.37. The Labute approximate surface area is 79.6 Å². The third-order valence-corrected chi connectivity index (χ3v) is 2.32. The molecule has 1 aromatic rings. The van der Waals surface area contributed by atoms with Gasteiger partial charge in [-0.25, -0.2) is 0 Å². The zero-order valence-corrected chi connectivity index (χ0v) is 7.77. The van der Waals surface area contributed by atoms with Gasteiger partial charge in [-0.2, -0.15) is 0 Å². The van der Waals surface area contributed by atoms with Crippen LogP contribution in [-0.4, -0.2) is 0 Å². The van der Waals surface area contributed by atoms with Gasteiger partial charge in [0, 0.05) is 11.8 Å². The van der Waals surface area contributed by atoms with E-state index in [2.05, 4.69) is 61.6 Å². The van der Waals surface area contributed by atoms with Gasteiger partial charge < -0.3 is 0 Å². The number of hydrogen-bond donors (Lipinski definition) is 0. The monoisotopic (exact) mass is 169 g/mol. The van der Waals surface area contributed by atoms with Crippen molar-refractivity contribution in [1.29, 1.82) is 0 Å². The third kappa shape index (κ3) is 1.89. The summed E-state index contributed by atoms with van der Waals surface area (Å²) in [7, 11) is 0. The van der Waals surface area contributed by atoms with E-state index in [0.717, 1.165) is 0 Å². The highest BCUT2D eigenvalue weighted by atomic mass is 14.1. The van der Waals surface area contributed by atoms with E-state index in [4.69, 9.17) is 0 Å². The lowest BCUT2D eigenvalue weighted by molar-refractivity contribution is 1.04. The molecular formula is C13H13. The lowest BCUT2D eigenvalue weighted by atomic mass is 9.92. The first-order valence-electron chi connectivity index (χ1n) is 4.61. The summed E-state index contributed by atoms with van der Waals surface area (Å²) in [6, 6.07) is 10.6. The van der Waals surface area contributed by atoms with Crippen LogP contribution in [0, 0.1) is 5.92 Å². The van der Waals surface area contributed by atoms with Gasteiger partial charge in [-0.05, 0) is 5.56 Å². The van der Waals surface area contributed by atoms with E-state index in [-0.39, 0.29) is 0 Å². The van der Waals surface area contributed by atoms with Gasteiger partial charge in [-0.1, -0.05) is 61.6 Å². The van der Waals surface area contributed by atoms with Gasteiger partial charge in [0.15, 0.2) is 0 Å². The molecule has 0 unspecified atom stereocenters. The molecule has 0 amide bonds. The van der Waals surface area contributed by atoms with E-state index in [1.807, 2.05) is 0 Å². The van der Waals surface area contributed by atoms with Crippen LogP contribution in [0.2, 0.25) is 0 Å². The Morgan fingerprint density at radius 1 is 0.923 bits per heavy atom. The maximum absolute atomic E-state index is 2.24. The second-order valence-corrected chi connectivity index (χ2v) is 3.40. The molecule has 1 radical (unpaired) electrons. The molecule has 1 aliphatic carbocycles. The van der Waals surface area contributed by atoms with Gasteiger partial charge in [0.25, 0.3) is 0 Å². The summed E-state index contributed by atoms with van der Waals surface area (Å²) in [6.07, 6.45) is 8.84. The molecule has 0 nitrogen and oxygen atoms in total. The lowest BCUT2D eigenvalue weighted by Crippen LogP contribution is -1.96. The molecule has 0 aromatic heterocycles. The van der Waals surface area contributed by atoms with Gasteiger partial charge >= 0.3 is 0 Å². The molecule has 0 heterocycles. The van der Waals surface area contributed by atoms with Crippen molar-refractivity contribution in [3.63, 3.8) is 0 Å². The van der Waals surface area contributed by atoms with Crippen molar-refractivity contribution in [3.05, 3.63) is 66.1 Å². The average molecular weight is 169 g/mol. The van der Waals surface area contributed by atoms with Crippen molar-refractivity contribution in [1.82, 2.24) is 0 Å². The minimum Gasteiger partial charge on any atom is -0.0767 e. The predicted molar refractivity (Wildman–Crippen MR) is 56.4 cm³/mol. The minimum atomic E-state index is 0.463. The largest absolute Gasteiger partial charge is 0.0767 e. The lowest BCUT2D eigenvalue weighted by Gasteiger charge is -2.13. The van der Waals surface area contributed by atoms with Crippen LogP contribution >= 0.6 is 0 Å². The summed E-state index contributed by atoms with van der Waals surface area (Å²) in [5.41, 5.74) is 1.36. The molecule has 0 saturated carbocycles. The summed E-state index contributed by atoms with van der Waals surface area (Å²) in [4.78, 5) is 0.